The van der Waals surface area contributed by atoms with Gasteiger partial charge >= 0.3 is 0 Å². The molecule has 2 aliphatic carbocycles. The summed E-state index contributed by atoms with van der Waals surface area (Å²) in [4.78, 5) is 0. The van der Waals surface area contributed by atoms with E-state index in [9.17, 15) is 10.2 Å². The normalized spacial score (nSPS) is 50.1. The first-order valence-electron chi connectivity index (χ1n) is 8.08. The van der Waals surface area contributed by atoms with Crippen LogP contribution in [0, 0.1) is 23.7 Å². The molecule has 3 nitrogen and oxygen atoms in total. The van der Waals surface area contributed by atoms with Gasteiger partial charge in [-0.25, -0.2) is 0 Å². The summed E-state index contributed by atoms with van der Waals surface area (Å²) in [7, 11) is 0. The zero-order chi connectivity index (χ0) is 13.6. The Kier molecular flexibility index (Phi) is 3.65. The molecule has 0 aromatic carbocycles. The maximum atomic E-state index is 10.9. The zero-order valence-electron chi connectivity index (χ0n) is 12.2. The lowest BCUT2D eigenvalue weighted by atomic mass is 9.66. The lowest BCUT2D eigenvalue weighted by Crippen LogP contribution is -2.54. The molecular weight excluding hydrogens is 240 g/mol. The van der Waals surface area contributed by atoms with Crippen LogP contribution < -0.4 is 0 Å². The van der Waals surface area contributed by atoms with E-state index in [0.717, 1.165) is 38.5 Å². The molecule has 1 aliphatic heterocycles. The SMILES string of the molecule is CC(C)CC1CCC2[C@@H]3CCC(O)[C@H]3CCC2(O)O1. The predicted octanol–water partition coefficient (Wildman–Crippen LogP) is 2.70. The summed E-state index contributed by atoms with van der Waals surface area (Å²) < 4.78 is 6.11. The van der Waals surface area contributed by atoms with Crippen molar-refractivity contribution in [2.75, 3.05) is 0 Å². The fraction of sp³-hybridized carbons (Fsp3) is 1.00. The molecular formula is C16H28O3. The first-order chi connectivity index (χ1) is 8.99. The molecule has 110 valence electrons. The van der Waals surface area contributed by atoms with Crippen molar-refractivity contribution < 1.29 is 14.9 Å². The Hall–Kier alpha value is -0.120. The zero-order valence-corrected chi connectivity index (χ0v) is 12.2. The number of rotatable bonds is 2. The van der Waals surface area contributed by atoms with Crippen LogP contribution in [0.3, 0.4) is 0 Å². The molecule has 3 aliphatic rings. The maximum absolute atomic E-state index is 10.9. The van der Waals surface area contributed by atoms with Gasteiger partial charge in [-0.1, -0.05) is 13.8 Å². The fourth-order valence-electron chi connectivity index (χ4n) is 4.87. The highest BCUT2D eigenvalue weighted by Gasteiger charge is 2.55. The van der Waals surface area contributed by atoms with Crippen LogP contribution in [0.4, 0.5) is 0 Å². The van der Waals surface area contributed by atoms with Crippen LogP contribution in [-0.4, -0.2) is 28.2 Å². The molecule has 1 saturated heterocycles. The molecule has 19 heavy (non-hydrogen) atoms. The van der Waals surface area contributed by atoms with Crippen LogP contribution in [0.15, 0.2) is 0 Å². The van der Waals surface area contributed by atoms with Gasteiger partial charge in [0.15, 0.2) is 5.79 Å². The second-order valence-electron chi connectivity index (χ2n) is 7.41. The molecule has 3 heteroatoms. The summed E-state index contributed by atoms with van der Waals surface area (Å²) in [5, 5.41) is 21.0. The largest absolute Gasteiger partial charge is 0.393 e. The van der Waals surface area contributed by atoms with E-state index in [1.54, 1.807) is 0 Å². The molecule has 3 fully saturated rings. The van der Waals surface area contributed by atoms with Crippen LogP contribution in [0.2, 0.25) is 0 Å². The Morgan fingerprint density at radius 2 is 1.89 bits per heavy atom. The molecule has 2 saturated carbocycles. The van der Waals surface area contributed by atoms with Crippen LogP contribution in [-0.2, 0) is 4.74 Å². The first-order valence-corrected chi connectivity index (χ1v) is 8.08. The topological polar surface area (TPSA) is 49.7 Å². The minimum atomic E-state index is -0.900. The third kappa shape index (κ3) is 2.45. The van der Waals surface area contributed by atoms with E-state index >= 15 is 0 Å². The number of hydrogen-bond acceptors (Lipinski definition) is 3. The smallest absolute Gasteiger partial charge is 0.168 e. The van der Waals surface area contributed by atoms with E-state index in [4.69, 9.17) is 4.74 Å². The molecule has 2 N–H and O–H groups in total. The van der Waals surface area contributed by atoms with E-state index in [2.05, 4.69) is 13.8 Å². The van der Waals surface area contributed by atoms with Gasteiger partial charge in [-0.15, -0.1) is 0 Å². The van der Waals surface area contributed by atoms with Gasteiger partial charge in [0.2, 0.25) is 0 Å². The van der Waals surface area contributed by atoms with Crippen LogP contribution in [0.5, 0.6) is 0 Å². The van der Waals surface area contributed by atoms with E-state index < -0.39 is 5.79 Å². The number of hydrogen-bond donors (Lipinski definition) is 2. The Labute approximate surface area is 116 Å². The molecule has 0 aromatic rings. The highest BCUT2D eigenvalue weighted by atomic mass is 16.6. The van der Waals surface area contributed by atoms with Crippen LogP contribution in [0.25, 0.3) is 0 Å². The first kappa shape index (κ1) is 13.8. The molecule has 6 atom stereocenters. The van der Waals surface area contributed by atoms with Crippen molar-refractivity contribution in [2.24, 2.45) is 23.7 Å². The van der Waals surface area contributed by atoms with E-state index in [-0.39, 0.29) is 18.1 Å². The Bertz CT molecular complexity index is 330. The van der Waals surface area contributed by atoms with Crippen molar-refractivity contribution in [3.8, 4) is 0 Å². The molecule has 0 bridgehead atoms. The Balaban J connectivity index is 1.71. The van der Waals surface area contributed by atoms with Gasteiger partial charge in [0.1, 0.15) is 0 Å². The van der Waals surface area contributed by atoms with Crippen LogP contribution in [0.1, 0.15) is 58.8 Å². The summed E-state index contributed by atoms with van der Waals surface area (Å²) in [6, 6.07) is 0. The predicted molar refractivity (Wildman–Crippen MR) is 73.5 cm³/mol. The molecule has 0 aromatic heterocycles. The highest BCUT2D eigenvalue weighted by Crippen LogP contribution is 2.54. The third-order valence-electron chi connectivity index (χ3n) is 5.68. The maximum Gasteiger partial charge on any atom is 0.168 e. The van der Waals surface area contributed by atoms with Gasteiger partial charge in [0, 0.05) is 12.3 Å². The summed E-state index contributed by atoms with van der Waals surface area (Å²) in [5.74, 6) is 0.870. The van der Waals surface area contributed by atoms with Gasteiger partial charge < -0.3 is 14.9 Å². The van der Waals surface area contributed by atoms with Crippen molar-refractivity contribution >= 4 is 0 Å². The Morgan fingerprint density at radius 3 is 2.63 bits per heavy atom. The summed E-state index contributed by atoms with van der Waals surface area (Å²) >= 11 is 0. The standard InChI is InChI=1S/C16H28O3/c1-10(2)9-11-3-5-14-12-4-6-15(17)13(12)7-8-16(14,18)19-11/h10-15,17-18H,3-9H2,1-2H3/t11?,12-,13+,14?,15?,16?/m1/s1. The quantitative estimate of drug-likeness (QED) is 0.809. The summed E-state index contributed by atoms with van der Waals surface area (Å²) in [6.45, 7) is 4.42. The third-order valence-corrected chi connectivity index (χ3v) is 5.68. The molecule has 3 rings (SSSR count). The summed E-state index contributed by atoms with van der Waals surface area (Å²) in [6.07, 6.45) is 6.90. The highest BCUT2D eigenvalue weighted by molar-refractivity contribution is 5.00. The van der Waals surface area contributed by atoms with Crippen molar-refractivity contribution in [2.45, 2.75) is 76.8 Å². The minimum Gasteiger partial charge on any atom is -0.393 e. The van der Waals surface area contributed by atoms with Gasteiger partial charge in [0.25, 0.3) is 0 Å². The molecule has 0 radical (unpaired) electrons. The molecule has 0 amide bonds. The van der Waals surface area contributed by atoms with Crippen molar-refractivity contribution in [3.63, 3.8) is 0 Å². The average Bonchev–Trinajstić information content (AvgIpc) is 2.69. The Morgan fingerprint density at radius 1 is 1.11 bits per heavy atom. The second-order valence-corrected chi connectivity index (χ2v) is 7.41. The fourth-order valence-corrected chi connectivity index (χ4v) is 4.87. The minimum absolute atomic E-state index is 0.136. The monoisotopic (exact) mass is 268 g/mol. The molecule has 4 unspecified atom stereocenters. The van der Waals surface area contributed by atoms with Gasteiger partial charge in [-0.3, -0.25) is 0 Å². The number of fused-ring (bicyclic) bond motifs is 3. The van der Waals surface area contributed by atoms with Crippen molar-refractivity contribution in [1.82, 2.24) is 0 Å². The number of aliphatic hydroxyl groups is 2. The summed E-state index contributed by atoms with van der Waals surface area (Å²) in [5.41, 5.74) is 0. The van der Waals surface area contributed by atoms with Crippen LogP contribution >= 0.6 is 0 Å². The lowest BCUT2D eigenvalue weighted by Gasteiger charge is -2.51. The van der Waals surface area contributed by atoms with Gasteiger partial charge in [-0.2, -0.15) is 0 Å². The lowest BCUT2D eigenvalue weighted by molar-refractivity contribution is -0.312. The van der Waals surface area contributed by atoms with Gasteiger partial charge in [-0.05, 0) is 56.3 Å². The number of ether oxygens (including phenoxy) is 1. The number of aliphatic hydroxyl groups excluding tert-OH is 1. The van der Waals surface area contributed by atoms with Crippen molar-refractivity contribution in [1.29, 1.82) is 0 Å². The van der Waals surface area contributed by atoms with Gasteiger partial charge in [0.05, 0.1) is 12.2 Å². The second kappa shape index (κ2) is 5.01. The van der Waals surface area contributed by atoms with Crippen molar-refractivity contribution in [3.05, 3.63) is 0 Å². The molecule has 1 heterocycles. The van der Waals surface area contributed by atoms with E-state index in [0.29, 0.717) is 24.2 Å². The average molecular weight is 268 g/mol. The molecule has 0 spiro atoms. The van der Waals surface area contributed by atoms with E-state index in [1.807, 2.05) is 0 Å². The van der Waals surface area contributed by atoms with E-state index in [1.165, 1.54) is 0 Å².